The van der Waals surface area contributed by atoms with E-state index in [2.05, 4.69) is 42.2 Å². The van der Waals surface area contributed by atoms with E-state index in [0.29, 0.717) is 20.2 Å². The summed E-state index contributed by atoms with van der Waals surface area (Å²) in [5.41, 5.74) is 0.786. The molecule has 0 saturated heterocycles. The Morgan fingerprint density at radius 1 is 1.19 bits per heavy atom. The predicted octanol–water partition coefficient (Wildman–Crippen LogP) is 3.79. The molecular weight excluding hydrogens is 447 g/mol. The summed E-state index contributed by atoms with van der Waals surface area (Å²) < 4.78 is 23.5. The first-order valence-electron chi connectivity index (χ1n) is 5.43. The average Bonchev–Trinajstić information content (AvgIpc) is 2.39. The minimum absolute atomic E-state index is 0.0573. The molecule has 2 rings (SSSR count). The number of anilines is 1. The van der Waals surface area contributed by atoms with Crippen LogP contribution in [0.25, 0.3) is 0 Å². The highest BCUT2D eigenvalue weighted by molar-refractivity contribution is 9.10. The Bertz CT molecular complexity index is 812. The maximum atomic E-state index is 12.1. The molecule has 9 heteroatoms. The fourth-order valence-electron chi connectivity index (χ4n) is 1.48. The average molecular weight is 455 g/mol. The van der Waals surface area contributed by atoms with Gasteiger partial charge in [-0.15, -0.1) is 0 Å². The van der Waals surface area contributed by atoms with Crippen LogP contribution in [0.5, 0.6) is 0 Å². The molecule has 2 aromatic rings. The lowest BCUT2D eigenvalue weighted by Crippen LogP contribution is -2.12. The number of nitrogens with one attached hydrogen (secondary N) is 1. The Hall–Kier alpha value is -0.960. The van der Waals surface area contributed by atoms with E-state index in [4.69, 9.17) is 10.7 Å². The first kappa shape index (κ1) is 16.4. The van der Waals surface area contributed by atoms with Crippen LogP contribution >= 0.6 is 42.5 Å². The van der Waals surface area contributed by atoms with Crippen LogP contribution in [0.15, 0.2) is 50.5 Å². The summed E-state index contributed by atoms with van der Waals surface area (Å²) in [6.45, 7) is 0. The highest BCUT2D eigenvalue weighted by Gasteiger charge is 2.14. The van der Waals surface area contributed by atoms with Crippen LogP contribution in [-0.4, -0.2) is 19.3 Å². The number of rotatable bonds is 3. The van der Waals surface area contributed by atoms with Gasteiger partial charge in [0.1, 0.15) is 0 Å². The predicted molar refractivity (Wildman–Crippen MR) is 87.1 cm³/mol. The van der Waals surface area contributed by atoms with Crippen LogP contribution in [0.3, 0.4) is 0 Å². The molecule has 0 saturated carbocycles. The van der Waals surface area contributed by atoms with Crippen molar-refractivity contribution in [1.29, 1.82) is 0 Å². The Morgan fingerprint density at radius 3 is 2.48 bits per heavy atom. The zero-order valence-electron chi connectivity index (χ0n) is 10.2. The number of aromatic nitrogens is 1. The second-order valence-corrected chi connectivity index (χ2v) is 8.26. The van der Waals surface area contributed by atoms with Crippen molar-refractivity contribution in [3.05, 3.63) is 51.2 Å². The number of pyridine rings is 1. The summed E-state index contributed by atoms with van der Waals surface area (Å²) in [6, 6.07) is 5.69. The molecule has 1 amide bonds. The molecule has 1 N–H and O–H groups in total. The highest BCUT2D eigenvalue weighted by atomic mass is 79.9. The lowest BCUT2D eigenvalue weighted by atomic mass is 10.2. The number of halogens is 3. The van der Waals surface area contributed by atoms with Gasteiger partial charge in [-0.1, -0.05) is 0 Å². The van der Waals surface area contributed by atoms with E-state index >= 15 is 0 Å². The van der Waals surface area contributed by atoms with Gasteiger partial charge in [-0.05, 0) is 56.1 Å². The maximum absolute atomic E-state index is 12.1. The topological polar surface area (TPSA) is 76.1 Å². The van der Waals surface area contributed by atoms with Gasteiger partial charge in [0, 0.05) is 32.0 Å². The molecule has 0 fully saturated rings. The number of nitrogens with zero attached hydrogens (tertiary/aromatic N) is 1. The third-order valence-corrected chi connectivity index (χ3v) is 4.88. The van der Waals surface area contributed by atoms with E-state index in [0.717, 1.165) is 0 Å². The lowest BCUT2D eigenvalue weighted by molar-refractivity contribution is 0.102. The number of benzene rings is 1. The van der Waals surface area contributed by atoms with Crippen molar-refractivity contribution in [2.24, 2.45) is 0 Å². The SMILES string of the molecule is O=C(Nc1ccc(S(=O)(=O)Cl)cc1Br)c1cncc(Br)c1. The van der Waals surface area contributed by atoms with Crippen LogP contribution in [0.4, 0.5) is 5.69 Å². The van der Waals surface area contributed by atoms with Crippen molar-refractivity contribution >= 4 is 63.2 Å². The Morgan fingerprint density at radius 2 is 1.90 bits per heavy atom. The van der Waals surface area contributed by atoms with Crippen molar-refractivity contribution in [3.8, 4) is 0 Å². The molecule has 1 aromatic carbocycles. The molecule has 0 aliphatic heterocycles. The number of hydrogen-bond acceptors (Lipinski definition) is 4. The zero-order valence-corrected chi connectivity index (χ0v) is 14.9. The van der Waals surface area contributed by atoms with Gasteiger partial charge in [-0.2, -0.15) is 0 Å². The highest BCUT2D eigenvalue weighted by Crippen LogP contribution is 2.27. The number of amides is 1. The minimum atomic E-state index is -3.82. The zero-order chi connectivity index (χ0) is 15.6. The van der Waals surface area contributed by atoms with Gasteiger partial charge in [0.25, 0.3) is 15.0 Å². The van der Waals surface area contributed by atoms with Gasteiger partial charge in [0.15, 0.2) is 0 Å². The largest absolute Gasteiger partial charge is 0.321 e. The van der Waals surface area contributed by atoms with Crippen LogP contribution in [0.1, 0.15) is 10.4 Å². The monoisotopic (exact) mass is 452 g/mol. The van der Waals surface area contributed by atoms with Crippen molar-refractivity contribution in [2.45, 2.75) is 4.90 Å². The third-order valence-electron chi connectivity index (χ3n) is 2.44. The summed E-state index contributed by atoms with van der Waals surface area (Å²) in [7, 11) is 1.44. The standard InChI is InChI=1S/C12H7Br2ClN2O3S/c13-8-3-7(5-16-6-8)12(18)17-11-2-1-9(4-10(11)14)21(15,19)20/h1-6H,(H,17,18). The van der Waals surface area contributed by atoms with E-state index in [1.54, 1.807) is 12.3 Å². The number of hydrogen-bond donors (Lipinski definition) is 1. The van der Waals surface area contributed by atoms with Crippen molar-refractivity contribution in [3.63, 3.8) is 0 Å². The quantitative estimate of drug-likeness (QED) is 0.716. The van der Waals surface area contributed by atoms with Crippen LogP contribution < -0.4 is 5.32 Å². The van der Waals surface area contributed by atoms with E-state index in [1.807, 2.05) is 0 Å². The van der Waals surface area contributed by atoms with Gasteiger partial charge >= 0.3 is 0 Å². The summed E-state index contributed by atoms with van der Waals surface area (Å²) in [5, 5.41) is 2.65. The van der Waals surface area contributed by atoms with Gasteiger partial charge < -0.3 is 5.32 Å². The molecule has 1 aromatic heterocycles. The normalized spacial score (nSPS) is 11.2. The van der Waals surface area contributed by atoms with Gasteiger partial charge in [0.2, 0.25) is 0 Å². The number of carbonyl (C=O) groups is 1. The molecule has 0 aliphatic carbocycles. The molecule has 21 heavy (non-hydrogen) atoms. The van der Waals surface area contributed by atoms with Crippen LogP contribution in [0, 0.1) is 0 Å². The fourth-order valence-corrected chi connectivity index (χ4v) is 3.25. The fraction of sp³-hybridized carbons (Fsp3) is 0. The van der Waals surface area contributed by atoms with E-state index in [-0.39, 0.29) is 10.8 Å². The lowest BCUT2D eigenvalue weighted by Gasteiger charge is -2.08. The van der Waals surface area contributed by atoms with Crippen LogP contribution in [-0.2, 0) is 9.05 Å². The molecule has 0 radical (unpaired) electrons. The number of carbonyl (C=O) groups excluding carboxylic acids is 1. The first-order chi connectivity index (χ1) is 9.77. The van der Waals surface area contributed by atoms with Crippen LogP contribution in [0.2, 0.25) is 0 Å². The Balaban J connectivity index is 2.26. The smallest absolute Gasteiger partial charge is 0.261 e. The second kappa shape index (κ2) is 6.43. The molecule has 0 aliphatic rings. The Kier molecular flexibility index (Phi) is 5.03. The summed E-state index contributed by atoms with van der Waals surface area (Å²) >= 11 is 6.42. The summed E-state index contributed by atoms with van der Waals surface area (Å²) in [6.07, 6.45) is 2.98. The minimum Gasteiger partial charge on any atom is -0.321 e. The molecule has 1 heterocycles. The third kappa shape index (κ3) is 4.26. The van der Waals surface area contributed by atoms with Gasteiger partial charge in [-0.3, -0.25) is 9.78 Å². The van der Waals surface area contributed by atoms with Gasteiger partial charge in [-0.25, -0.2) is 8.42 Å². The van der Waals surface area contributed by atoms with Crippen molar-refractivity contribution < 1.29 is 13.2 Å². The maximum Gasteiger partial charge on any atom is 0.261 e. The first-order valence-corrected chi connectivity index (χ1v) is 9.33. The molecule has 0 bridgehead atoms. The molecule has 110 valence electrons. The summed E-state index contributed by atoms with van der Waals surface area (Å²) in [5.74, 6) is -0.369. The van der Waals surface area contributed by atoms with Crippen molar-refractivity contribution in [2.75, 3.05) is 5.32 Å². The molecular formula is C12H7Br2ClN2O3S. The Labute approximate surface area is 142 Å². The molecule has 5 nitrogen and oxygen atoms in total. The molecule has 0 spiro atoms. The second-order valence-electron chi connectivity index (χ2n) is 3.93. The summed E-state index contributed by atoms with van der Waals surface area (Å²) in [4.78, 5) is 15.9. The van der Waals surface area contributed by atoms with E-state index in [1.165, 1.54) is 24.4 Å². The molecule has 0 atom stereocenters. The van der Waals surface area contributed by atoms with Crippen molar-refractivity contribution in [1.82, 2.24) is 4.98 Å². The van der Waals surface area contributed by atoms with E-state index < -0.39 is 9.05 Å². The molecule has 0 unspecified atom stereocenters. The van der Waals surface area contributed by atoms with E-state index in [9.17, 15) is 13.2 Å². The van der Waals surface area contributed by atoms with Gasteiger partial charge in [0.05, 0.1) is 16.1 Å².